The van der Waals surface area contributed by atoms with Crippen LogP contribution < -0.4 is 10.6 Å². The molecule has 4 aliphatic carbocycles. The van der Waals surface area contributed by atoms with Gasteiger partial charge in [0.05, 0.1) is 189 Å². The van der Waals surface area contributed by atoms with Crippen molar-refractivity contribution in [2.75, 3.05) is 183 Å². The summed E-state index contributed by atoms with van der Waals surface area (Å²) in [5, 5.41) is 36.0. The number of aliphatic hydroxyl groups excluding tert-OH is 2. The first-order valence-corrected chi connectivity index (χ1v) is 33.7. The number of benzene rings is 2. The van der Waals surface area contributed by atoms with Gasteiger partial charge in [0.2, 0.25) is 11.8 Å². The number of nitrogens with one attached hydrogen (secondary N) is 2. The van der Waals surface area contributed by atoms with Gasteiger partial charge < -0.3 is 92.3 Å². The van der Waals surface area contributed by atoms with E-state index in [1.807, 2.05) is 48.5 Å². The molecule has 2 amide bonds. The molecule has 0 radical (unpaired) electrons. The van der Waals surface area contributed by atoms with Crippen molar-refractivity contribution in [3.05, 3.63) is 89.0 Å². The number of fused-ring (bicyclic) bond motifs is 7. The fraction of sp³-hybridized carbons (Fsp3) is 0.687. The zero-order valence-electron chi connectivity index (χ0n) is 54.3. The van der Waals surface area contributed by atoms with Gasteiger partial charge in [-0.3, -0.25) is 24.0 Å². The predicted octanol–water partition coefficient (Wildman–Crippen LogP) is 4.77. The number of halogens is 2. The van der Waals surface area contributed by atoms with Gasteiger partial charge in [-0.25, -0.2) is 8.78 Å². The molecule has 2 aromatic rings. The maximum atomic E-state index is 17.8. The summed E-state index contributed by atoms with van der Waals surface area (Å²) in [5.41, 5.74) is -3.73. The standard InChI is InChI=1S/C67H96F2N2O22S/c1-64-13-11-51(73)41-54(64)55(68)42-53-52-43-59-67(58(75)46-72,65(52,2)45-57(74)66(53,64)69)93-63(92-59)49-9-7-47(8-10-49)39-48-5-4-6-50(40-48)71-60(76)12-15-80-17-19-82-21-23-84-25-27-86-29-31-88-33-35-90-37-38-91-36-34-89-32-30-87-28-26-85-24-22-83-20-18-81-16-14-70-62(79)56(94-3)44-61(77)78/h4-11,13,40-41,52-53,55-57,59,63,72,74H,12,14-39,42-46H2,1-3H3,(H,70,79)(H,71,76)(H,77,78)/t52-,53-,55-,56?,57-,59+,63+,64-,65-,66-,67+/m0/s1. The van der Waals surface area contributed by atoms with E-state index in [0.717, 1.165) is 17.2 Å². The molecular formula is C67H96F2N2O22S. The third-order valence-electron chi connectivity index (χ3n) is 17.8. The van der Waals surface area contributed by atoms with Gasteiger partial charge in [0.1, 0.15) is 12.8 Å². The number of amides is 2. The van der Waals surface area contributed by atoms with E-state index in [4.69, 9.17) is 71.4 Å². The number of allylic oxidation sites excluding steroid dienone is 4. The van der Waals surface area contributed by atoms with Gasteiger partial charge in [0.15, 0.2) is 29.1 Å². The average molecular weight is 1350 g/mol. The summed E-state index contributed by atoms with van der Waals surface area (Å²) in [4.78, 5) is 61.8. The van der Waals surface area contributed by atoms with Gasteiger partial charge in [-0.2, -0.15) is 11.8 Å². The van der Waals surface area contributed by atoms with Crippen LogP contribution in [0.4, 0.5) is 14.5 Å². The van der Waals surface area contributed by atoms with E-state index in [1.54, 1.807) is 13.2 Å². The summed E-state index contributed by atoms with van der Waals surface area (Å²) in [6.45, 7) is 12.4. The first-order chi connectivity index (χ1) is 45.5. The molecule has 11 atom stereocenters. The number of ketones is 2. The normalized spacial score (nSPS) is 26.3. The van der Waals surface area contributed by atoms with Crippen LogP contribution in [0.1, 0.15) is 68.9 Å². The van der Waals surface area contributed by atoms with E-state index in [1.165, 1.54) is 30.8 Å². The fourth-order valence-corrected chi connectivity index (χ4v) is 13.8. The Morgan fingerprint density at radius 3 is 1.67 bits per heavy atom. The average Bonchev–Trinajstić information content (AvgIpc) is 1.46. The van der Waals surface area contributed by atoms with Crippen LogP contribution in [0.25, 0.3) is 0 Å². The van der Waals surface area contributed by atoms with E-state index >= 15 is 8.78 Å². The van der Waals surface area contributed by atoms with E-state index in [2.05, 4.69) is 10.6 Å². The van der Waals surface area contributed by atoms with Crippen molar-refractivity contribution in [3.63, 3.8) is 0 Å². The third kappa shape index (κ3) is 21.1. The number of alkyl halides is 2. The maximum absolute atomic E-state index is 17.8. The predicted molar refractivity (Wildman–Crippen MR) is 339 cm³/mol. The number of carboxylic acid groups (broad SMARTS) is 1. The highest BCUT2D eigenvalue weighted by Gasteiger charge is 2.80. The van der Waals surface area contributed by atoms with Crippen molar-refractivity contribution in [2.45, 2.75) is 93.6 Å². The minimum absolute atomic E-state index is 0.0115. The molecule has 27 heteroatoms. The summed E-state index contributed by atoms with van der Waals surface area (Å²) in [7, 11) is 0. The molecule has 7 rings (SSSR count). The Kier molecular flexibility index (Phi) is 32.3. The first kappa shape index (κ1) is 76.6. The number of aliphatic carboxylic acids is 1. The molecule has 94 heavy (non-hydrogen) atoms. The van der Waals surface area contributed by atoms with Crippen LogP contribution in [-0.2, 0) is 96.7 Å². The lowest BCUT2D eigenvalue weighted by Crippen LogP contribution is -2.70. The summed E-state index contributed by atoms with van der Waals surface area (Å²) in [5.74, 6) is -4.30. The Morgan fingerprint density at radius 2 is 1.18 bits per heavy atom. The molecule has 5 N–H and O–H groups in total. The van der Waals surface area contributed by atoms with Crippen LogP contribution in [0.3, 0.4) is 0 Å². The number of anilines is 1. The molecule has 24 nitrogen and oxygen atoms in total. The molecule has 1 saturated heterocycles. The molecule has 0 bridgehead atoms. The number of thioether (sulfide) groups is 1. The summed E-state index contributed by atoms with van der Waals surface area (Å²) in [6.07, 6.45) is 0.342. The Hall–Kier alpha value is -4.76. The molecule has 1 unspecified atom stereocenters. The van der Waals surface area contributed by atoms with E-state index in [9.17, 15) is 34.2 Å². The van der Waals surface area contributed by atoms with E-state index < -0.39 is 88.0 Å². The topological polar surface area (TPSA) is 299 Å². The van der Waals surface area contributed by atoms with Gasteiger partial charge in [0, 0.05) is 34.5 Å². The van der Waals surface area contributed by atoms with Gasteiger partial charge in [-0.15, -0.1) is 0 Å². The van der Waals surface area contributed by atoms with Crippen molar-refractivity contribution in [3.8, 4) is 0 Å². The number of aliphatic hydroxyl groups is 2. The largest absolute Gasteiger partial charge is 0.481 e. The van der Waals surface area contributed by atoms with Crippen molar-refractivity contribution in [1.29, 1.82) is 0 Å². The molecule has 3 saturated carbocycles. The quantitative estimate of drug-likeness (QED) is 0.0557. The lowest BCUT2D eigenvalue weighted by molar-refractivity contribution is -0.235. The summed E-state index contributed by atoms with van der Waals surface area (Å²) < 4.78 is 113. The molecule has 0 aromatic heterocycles. The minimum Gasteiger partial charge on any atom is -0.481 e. The molecule has 1 aliphatic heterocycles. The number of ether oxygens (including phenoxy) is 14. The zero-order chi connectivity index (χ0) is 67.2. The highest BCUT2D eigenvalue weighted by atomic mass is 32.2. The van der Waals surface area contributed by atoms with Gasteiger partial charge in [-0.05, 0) is 85.8 Å². The Labute approximate surface area is 552 Å². The summed E-state index contributed by atoms with van der Waals surface area (Å²) >= 11 is 1.20. The monoisotopic (exact) mass is 1350 g/mol. The molecule has 2 aromatic carbocycles. The molecular weight excluding hydrogens is 1250 g/mol. The van der Waals surface area contributed by atoms with Crippen LogP contribution in [-0.4, -0.2) is 258 Å². The molecule has 526 valence electrons. The second-order valence-corrected chi connectivity index (χ2v) is 24.9. The number of carbonyl (C=O) groups excluding carboxylic acids is 4. The number of hydrogen-bond acceptors (Lipinski definition) is 22. The lowest BCUT2D eigenvalue weighted by Gasteiger charge is -2.63. The second kappa shape index (κ2) is 39.6. The molecule has 1 heterocycles. The Morgan fingerprint density at radius 1 is 0.681 bits per heavy atom. The van der Waals surface area contributed by atoms with Crippen LogP contribution in [0.5, 0.6) is 0 Å². The van der Waals surface area contributed by atoms with Crippen LogP contribution in [0.15, 0.2) is 72.3 Å². The highest BCUT2D eigenvalue weighted by molar-refractivity contribution is 7.99. The van der Waals surface area contributed by atoms with Gasteiger partial charge in [0.25, 0.3) is 0 Å². The minimum atomic E-state index is -2.34. The number of Topliss-reactive ketones (excluding diaryl/α,β-unsaturated/α-hetero) is 1. The third-order valence-corrected chi connectivity index (χ3v) is 18.8. The van der Waals surface area contributed by atoms with Crippen molar-refractivity contribution in [1.82, 2.24) is 5.32 Å². The number of carboxylic acids is 1. The smallest absolute Gasteiger partial charge is 0.305 e. The van der Waals surface area contributed by atoms with Crippen molar-refractivity contribution < 1.29 is 114 Å². The molecule has 0 spiro atoms. The van der Waals surface area contributed by atoms with Crippen molar-refractivity contribution in [2.24, 2.45) is 22.7 Å². The second-order valence-electron chi connectivity index (χ2n) is 23.9. The maximum Gasteiger partial charge on any atom is 0.305 e. The van der Waals surface area contributed by atoms with Crippen LogP contribution >= 0.6 is 11.8 Å². The van der Waals surface area contributed by atoms with Crippen LogP contribution in [0, 0.1) is 22.7 Å². The summed E-state index contributed by atoms with van der Waals surface area (Å²) in [6, 6.07) is 15.0. The molecule has 4 fully saturated rings. The van der Waals surface area contributed by atoms with Gasteiger partial charge in [-0.1, -0.05) is 49.4 Å². The number of carbonyl (C=O) groups is 5. The van der Waals surface area contributed by atoms with Crippen LogP contribution in [0.2, 0.25) is 0 Å². The first-order valence-electron chi connectivity index (χ1n) is 32.4. The van der Waals surface area contributed by atoms with E-state index in [-0.39, 0.29) is 56.1 Å². The SMILES string of the molecule is CSC(CC(=O)O)C(=O)NCCOCCOCCOCCOCCOCCOCCOCCOCCOCCOCCOCCOCCC(=O)Nc1cccc(Cc2ccc([C@@H]3O[C@@H]4C[C@H]5[C@@H]6C[C@H](F)C7=CC(=O)C=C[C@]7(C)[C@@]6(F)[C@@H](O)C[C@]5(C)[C@]4(C(=O)CO)O3)cc2)c1. The van der Waals surface area contributed by atoms with Crippen molar-refractivity contribution >= 4 is 46.8 Å². The highest BCUT2D eigenvalue weighted by Crippen LogP contribution is 2.72. The fourth-order valence-electron chi connectivity index (χ4n) is 13.2. The number of rotatable bonds is 49. The Bertz CT molecular complexity index is 2730. The Balaban J connectivity index is 0.617. The van der Waals surface area contributed by atoms with E-state index in [0.29, 0.717) is 176 Å². The lowest BCUT2D eigenvalue weighted by atomic mass is 9.44. The molecule has 5 aliphatic rings. The number of hydrogen-bond donors (Lipinski definition) is 5. The zero-order valence-corrected chi connectivity index (χ0v) is 55.1. The van der Waals surface area contributed by atoms with Gasteiger partial charge >= 0.3 is 5.97 Å².